The highest BCUT2D eigenvalue weighted by Gasteiger charge is 2.19. The smallest absolute Gasteiger partial charge is 0.244 e. The Hall–Kier alpha value is -1.06. The molecule has 4 nitrogen and oxygen atoms in total. The summed E-state index contributed by atoms with van der Waals surface area (Å²) in [4.78, 5) is 17.6. The summed E-state index contributed by atoms with van der Waals surface area (Å²) in [5.74, 6) is 0.648. The van der Waals surface area contributed by atoms with Crippen LogP contribution in [0.1, 0.15) is 33.6 Å². The van der Waals surface area contributed by atoms with Crippen molar-refractivity contribution in [1.29, 1.82) is 0 Å². The van der Waals surface area contributed by atoms with E-state index >= 15 is 0 Å². The van der Waals surface area contributed by atoms with E-state index < -0.39 is 0 Å². The minimum atomic E-state index is -0.148. The van der Waals surface area contributed by atoms with Crippen molar-refractivity contribution in [2.24, 2.45) is 16.1 Å². The number of carbonyl (C=O) groups is 1. The van der Waals surface area contributed by atoms with Crippen molar-refractivity contribution in [1.82, 2.24) is 4.90 Å². The van der Waals surface area contributed by atoms with Crippen LogP contribution in [0.15, 0.2) is 4.99 Å². The quantitative estimate of drug-likeness (QED) is 0.547. The molecule has 0 radical (unpaired) electrons. The predicted molar refractivity (Wildman–Crippen MR) is 61.8 cm³/mol. The molecule has 2 N–H and O–H groups in total. The Morgan fingerprint density at radius 3 is 2.33 bits per heavy atom. The van der Waals surface area contributed by atoms with Crippen LogP contribution in [0.2, 0.25) is 0 Å². The zero-order valence-corrected chi connectivity index (χ0v) is 9.92. The van der Waals surface area contributed by atoms with Crippen molar-refractivity contribution in [3.63, 3.8) is 0 Å². The highest BCUT2D eigenvalue weighted by molar-refractivity contribution is 5.88. The average molecular weight is 211 g/mol. The number of carbonyl (C=O) groups excluding carboxylic acids is 1. The molecule has 1 heterocycles. The number of aliphatic imine (C=N–C) groups is 1. The summed E-state index contributed by atoms with van der Waals surface area (Å²) in [6, 6.07) is 0. The van der Waals surface area contributed by atoms with Crippen LogP contribution in [-0.2, 0) is 4.79 Å². The zero-order chi connectivity index (χ0) is 11.5. The molecule has 0 atom stereocenters. The van der Waals surface area contributed by atoms with E-state index in [1.807, 2.05) is 25.7 Å². The second-order valence-electron chi connectivity index (χ2n) is 5.04. The average Bonchev–Trinajstić information content (AvgIpc) is 2.64. The summed E-state index contributed by atoms with van der Waals surface area (Å²) >= 11 is 0. The van der Waals surface area contributed by atoms with Gasteiger partial charge in [-0.2, -0.15) is 0 Å². The van der Waals surface area contributed by atoms with Crippen LogP contribution < -0.4 is 5.73 Å². The van der Waals surface area contributed by atoms with Gasteiger partial charge >= 0.3 is 0 Å². The normalized spacial score (nSPS) is 18.3. The third-order valence-electron chi connectivity index (χ3n) is 2.61. The van der Waals surface area contributed by atoms with Crippen LogP contribution in [0.3, 0.4) is 0 Å². The summed E-state index contributed by atoms with van der Waals surface area (Å²) < 4.78 is 0. The molecule has 1 aliphatic heterocycles. The van der Waals surface area contributed by atoms with E-state index in [-0.39, 0.29) is 17.9 Å². The minimum absolute atomic E-state index is 0.0969. The van der Waals surface area contributed by atoms with E-state index in [0.29, 0.717) is 5.84 Å². The summed E-state index contributed by atoms with van der Waals surface area (Å²) in [6.07, 6.45) is 2.23. The lowest BCUT2D eigenvalue weighted by Crippen LogP contribution is -2.33. The van der Waals surface area contributed by atoms with Gasteiger partial charge in [-0.05, 0) is 12.8 Å². The lowest BCUT2D eigenvalue weighted by atomic mass is 9.95. The summed E-state index contributed by atoms with van der Waals surface area (Å²) in [5.41, 5.74) is 5.63. The van der Waals surface area contributed by atoms with Gasteiger partial charge in [-0.3, -0.25) is 9.79 Å². The number of amides is 1. The van der Waals surface area contributed by atoms with Crippen LogP contribution in [0.25, 0.3) is 0 Å². The molecule has 1 saturated heterocycles. The lowest BCUT2D eigenvalue weighted by molar-refractivity contribution is -0.128. The molecular formula is C11H21N3O. The van der Waals surface area contributed by atoms with E-state index in [9.17, 15) is 4.79 Å². The molecule has 1 rings (SSSR count). The first-order valence-electron chi connectivity index (χ1n) is 5.49. The third kappa shape index (κ3) is 3.53. The lowest BCUT2D eigenvalue weighted by Gasteiger charge is -2.18. The Bertz CT molecular complexity index is 259. The molecule has 4 heteroatoms. The first-order chi connectivity index (χ1) is 6.91. The summed E-state index contributed by atoms with van der Waals surface area (Å²) in [7, 11) is 0. The van der Waals surface area contributed by atoms with E-state index in [0.717, 1.165) is 25.9 Å². The van der Waals surface area contributed by atoms with Gasteiger partial charge in [0.1, 0.15) is 6.54 Å². The highest BCUT2D eigenvalue weighted by atomic mass is 16.2. The van der Waals surface area contributed by atoms with Crippen LogP contribution in [-0.4, -0.2) is 36.3 Å². The monoisotopic (exact) mass is 211 g/mol. The zero-order valence-electron chi connectivity index (χ0n) is 9.92. The van der Waals surface area contributed by atoms with Gasteiger partial charge in [-0.15, -0.1) is 0 Å². The molecule has 0 aromatic heterocycles. The first kappa shape index (κ1) is 12.0. The Labute approximate surface area is 91.5 Å². The van der Waals surface area contributed by atoms with E-state index in [4.69, 9.17) is 5.73 Å². The van der Waals surface area contributed by atoms with Crippen LogP contribution in [0, 0.1) is 5.41 Å². The second-order valence-corrected chi connectivity index (χ2v) is 5.04. The topological polar surface area (TPSA) is 58.7 Å². The van der Waals surface area contributed by atoms with Crippen molar-refractivity contribution in [2.45, 2.75) is 33.6 Å². The van der Waals surface area contributed by atoms with Gasteiger partial charge < -0.3 is 10.6 Å². The number of hydrogen-bond donors (Lipinski definition) is 1. The molecule has 86 valence electrons. The number of nitrogens with two attached hydrogens (primary N) is 1. The second kappa shape index (κ2) is 4.64. The number of rotatable bonds is 2. The Kier molecular flexibility index (Phi) is 3.72. The highest BCUT2D eigenvalue weighted by Crippen LogP contribution is 2.13. The van der Waals surface area contributed by atoms with E-state index in [2.05, 4.69) is 4.99 Å². The molecule has 0 unspecified atom stereocenters. The molecule has 1 aliphatic rings. The maximum Gasteiger partial charge on any atom is 0.244 e. The van der Waals surface area contributed by atoms with Crippen molar-refractivity contribution >= 4 is 11.7 Å². The van der Waals surface area contributed by atoms with Crippen LogP contribution in [0.5, 0.6) is 0 Å². The maximum atomic E-state index is 11.6. The van der Waals surface area contributed by atoms with E-state index in [1.54, 1.807) is 0 Å². The van der Waals surface area contributed by atoms with Gasteiger partial charge in [0, 0.05) is 18.5 Å². The number of amidine groups is 1. The van der Waals surface area contributed by atoms with Gasteiger partial charge in [-0.1, -0.05) is 20.8 Å². The fraction of sp³-hybridized carbons (Fsp3) is 0.818. The van der Waals surface area contributed by atoms with Crippen LogP contribution in [0.4, 0.5) is 0 Å². The Balaban J connectivity index is 2.45. The number of hydrogen-bond acceptors (Lipinski definition) is 2. The third-order valence-corrected chi connectivity index (χ3v) is 2.61. The minimum Gasteiger partial charge on any atom is -0.387 e. The number of likely N-dealkylation sites (tertiary alicyclic amines) is 1. The summed E-state index contributed by atoms with van der Waals surface area (Å²) in [6.45, 7) is 7.93. The molecule has 0 aromatic carbocycles. The molecule has 0 aromatic rings. The summed E-state index contributed by atoms with van der Waals surface area (Å²) in [5, 5.41) is 0. The first-order valence-corrected chi connectivity index (χ1v) is 5.49. The molecule has 1 fully saturated rings. The fourth-order valence-corrected chi connectivity index (χ4v) is 1.46. The number of nitrogens with zero attached hydrogens (tertiary/aromatic N) is 2. The van der Waals surface area contributed by atoms with Gasteiger partial charge in [0.25, 0.3) is 0 Å². The maximum absolute atomic E-state index is 11.6. The van der Waals surface area contributed by atoms with Crippen molar-refractivity contribution in [3.05, 3.63) is 0 Å². The molecule has 0 saturated carbocycles. The molecular weight excluding hydrogens is 190 g/mol. The van der Waals surface area contributed by atoms with Crippen molar-refractivity contribution in [2.75, 3.05) is 19.6 Å². The molecule has 0 spiro atoms. The Morgan fingerprint density at radius 1 is 1.33 bits per heavy atom. The van der Waals surface area contributed by atoms with Crippen molar-refractivity contribution < 1.29 is 4.79 Å². The largest absolute Gasteiger partial charge is 0.387 e. The van der Waals surface area contributed by atoms with Crippen molar-refractivity contribution in [3.8, 4) is 0 Å². The van der Waals surface area contributed by atoms with E-state index in [1.165, 1.54) is 0 Å². The van der Waals surface area contributed by atoms with Gasteiger partial charge in [0.15, 0.2) is 0 Å². The molecule has 15 heavy (non-hydrogen) atoms. The molecule has 1 amide bonds. The van der Waals surface area contributed by atoms with Gasteiger partial charge in [0.2, 0.25) is 5.91 Å². The predicted octanol–water partition coefficient (Wildman–Crippen LogP) is 1.01. The van der Waals surface area contributed by atoms with Gasteiger partial charge in [0.05, 0.1) is 5.84 Å². The standard InChI is InChI=1S/C11H21N3O/c1-11(2,3)10(12)13-8-9(15)14-6-4-5-7-14/h4-8H2,1-3H3,(H2,12,13). The molecule has 0 aliphatic carbocycles. The van der Waals surface area contributed by atoms with Crippen LogP contribution >= 0.6 is 0 Å². The Morgan fingerprint density at radius 2 is 1.87 bits per heavy atom. The van der Waals surface area contributed by atoms with Gasteiger partial charge in [-0.25, -0.2) is 0 Å². The molecule has 0 bridgehead atoms. The SMILES string of the molecule is CC(C)(C)C(N)=NCC(=O)N1CCCC1. The fourth-order valence-electron chi connectivity index (χ4n) is 1.46.